The Morgan fingerprint density at radius 2 is 2.41 bits per heavy atom. The van der Waals surface area contributed by atoms with Crippen LogP contribution in [0.5, 0.6) is 0 Å². The van der Waals surface area contributed by atoms with Crippen molar-refractivity contribution in [2.45, 2.75) is 38.3 Å². The molecule has 1 saturated carbocycles. The summed E-state index contributed by atoms with van der Waals surface area (Å²) < 4.78 is 8.19. The largest absolute Gasteiger partial charge is 0.369 e. The molecule has 3 atom stereocenters. The van der Waals surface area contributed by atoms with E-state index in [1.807, 2.05) is 12.5 Å². The van der Waals surface area contributed by atoms with Gasteiger partial charge in [0.25, 0.3) is 0 Å². The van der Waals surface area contributed by atoms with E-state index in [-0.39, 0.29) is 6.10 Å². The highest BCUT2D eigenvalue weighted by Crippen LogP contribution is 2.37. The van der Waals surface area contributed by atoms with Crippen molar-refractivity contribution >= 4 is 0 Å². The fraction of sp³-hybridized carbons (Fsp3) is 0.769. The summed E-state index contributed by atoms with van der Waals surface area (Å²) in [7, 11) is 0. The van der Waals surface area contributed by atoms with Gasteiger partial charge in [0.05, 0.1) is 24.8 Å². The molecule has 3 unspecified atom stereocenters. The second-order valence-corrected chi connectivity index (χ2v) is 5.26. The van der Waals surface area contributed by atoms with Crippen LogP contribution in [0.3, 0.4) is 0 Å². The number of imidazole rings is 1. The van der Waals surface area contributed by atoms with E-state index in [1.165, 1.54) is 25.0 Å². The van der Waals surface area contributed by atoms with Crippen molar-refractivity contribution in [2.24, 2.45) is 5.92 Å². The van der Waals surface area contributed by atoms with Crippen molar-refractivity contribution in [3.05, 3.63) is 18.2 Å². The van der Waals surface area contributed by atoms with E-state index < -0.39 is 0 Å². The Labute approximate surface area is 102 Å². The average Bonchev–Trinajstić information content (AvgIpc) is 2.98. The number of hydrogen-bond donors (Lipinski definition) is 1. The zero-order valence-corrected chi connectivity index (χ0v) is 10.4. The molecule has 0 aromatic carbocycles. The molecule has 1 aromatic rings. The highest BCUT2D eigenvalue weighted by Gasteiger charge is 2.29. The molecule has 94 valence electrons. The molecule has 2 heterocycles. The molecule has 1 aliphatic heterocycles. The third-order valence-electron chi connectivity index (χ3n) is 4.13. The average molecular weight is 235 g/mol. The molecule has 1 aliphatic carbocycles. The van der Waals surface area contributed by atoms with E-state index in [2.05, 4.69) is 21.8 Å². The SMILES string of the molecule is CC1CCCC1n1cncc1C1CNCCO1. The summed E-state index contributed by atoms with van der Waals surface area (Å²) in [4.78, 5) is 4.33. The number of ether oxygens (including phenoxy) is 1. The van der Waals surface area contributed by atoms with Crippen LogP contribution in [-0.4, -0.2) is 29.2 Å². The van der Waals surface area contributed by atoms with Gasteiger partial charge in [-0.2, -0.15) is 0 Å². The van der Waals surface area contributed by atoms with Crippen LogP contribution in [0, 0.1) is 5.92 Å². The fourth-order valence-electron chi connectivity index (χ4n) is 3.14. The smallest absolute Gasteiger partial charge is 0.111 e. The van der Waals surface area contributed by atoms with E-state index >= 15 is 0 Å². The van der Waals surface area contributed by atoms with Gasteiger partial charge in [-0.05, 0) is 18.8 Å². The minimum Gasteiger partial charge on any atom is -0.369 e. The summed E-state index contributed by atoms with van der Waals surface area (Å²) in [6.07, 6.45) is 8.10. The van der Waals surface area contributed by atoms with Crippen LogP contribution in [0.2, 0.25) is 0 Å². The first-order chi connectivity index (χ1) is 8.36. The van der Waals surface area contributed by atoms with Gasteiger partial charge in [0.1, 0.15) is 6.10 Å². The number of nitrogens with one attached hydrogen (secondary N) is 1. The standard InChI is InChI=1S/C13H21N3O/c1-10-3-2-4-11(10)16-9-15-7-12(16)13-8-14-5-6-17-13/h7,9-11,13-14H,2-6,8H2,1H3. The monoisotopic (exact) mass is 235 g/mol. The molecule has 1 aromatic heterocycles. The van der Waals surface area contributed by atoms with Gasteiger partial charge in [0.2, 0.25) is 0 Å². The van der Waals surface area contributed by atoms with Crippen molar-refractivity contribution in [3.8, 4) is 0 Å². The predicted octanol–water partition coefficient (Wildman–Crippen LogP) is 1.91. The molecule has 4 heteroatoms. The maximum atomic E-state index is 5.83. The second kappa shape index (κ2) is 4.78. The first kappa shape index (κ1) is 11.2. The topological polar surface area (TPSA) is 39.1 Å². The van der Waals surface area contributed by atoms with Gasteiger partial charge in [0.15, 0.2) is 0 Å². The first-order valence-corrected chi connectivity index (χ1v) is 6.70. The number of rotatable bonds is 2. The maximum absolute atomic E-state index is 5.83. The van der Waals surface area contributed by atoms with E-state index in [1.54, 1.807) is 0 Å². The Bertz CT molecular complexity index is 370. The zero-order valence-electron chi connectivity index (χ0n) is 10.4. The van der Waals surface area contributed by atoms with Crippen molar-refractivity contribution < 1.29 is 4.74 Å². The first-order valence-electron chi connectivity index (χ1n) is 6.70. The van der Waals surface area contributed by atoms with Crippen LogP contribution in [-0.2, 0) is 4.74 Å². The van der Waals surface area contributed by atoms with Gasteiger partial charge in [-0.25, -0.2) is 4.98 Å². The Balaban J connectivity index is 1.82. The molecule has 0 bridgehead atoms. The molecule has 4 nitrogen and oxygen atoms in total. The molecule has 17 heavy (non-hydrogen) atoms. The normalized spacial score (nSPS) is 34.1. The van der Waals surface area contributed by atoms with Gasteiger partial charge in [-0.1, -0.05) is 13.3 Å². The van der Waals surface area contributed by atoms with Crippen LogP contribution in [0.25, 0.3) is 0 Å². The number of morpholine rings is 1. The molecule has 2 aliphatic rings. The van der Waals surface area contributed by atoms with Crippen molar-refractivity contribution in [2.75, 3.05) is 19.7 Å². The summed E-state index contributed by atoms with van der Waals surface area (Å²) in [6, 6.07) is 0.623. The van der Waals surface area contributed by atoms with Gasteiger partial charge < -0.3 is 14.6 Å². The highest BCUT2D eigenvalue weighted by molar-refractivity contribution is 5.07. The molecule has 0 amide bonds. The Morgan fingerprint density at radius 1 is 1.47 bits per heavy atom. The minimum absolute atomic E-state index is 0.180. The molecule has 0 spiro atoms. The molecule has 1 N–H and O–H groups in total. The summed E-state index contributed by atoms with van der Waals surface area (Å²) in [5.74, 6) is 0.763. The number of hydrogen-bond acceptors (Lipinski definition) is 3. The molecular weight excluding hydrogens is 214 g/mol. The molecule has 0 radical (unpaired) electrons. The molecular formula is C13H21N3O. The van der Waals surface area contributed by atoms with Crippen LogP contribution in [0.1, 0.15) is 44.0 Å². The Morgan fingerprint density at radius 3 is 3.12 bits per heavy atom. The third kappa shape index (κ3) is 2.11. The van der Waals surface area contributed by atoms with Crippen LogP contribution in [0.15, 0.2) is 12.5 Å². The van der Waals surface area contributed by atoms with Crippen molar-refractivity contribution in [1.82, 2.24) is 14.9 Å². The number of aromatic nitrogens is 2. The van der Waals surface area contributed by atoms with Gasteiger partial charge >= 0.3 is 0 Å². The molecule has 2 fully saturated rings. The molecule has 3 rings (SSSR count). The lowest BCUT2D eigenvalue weighted by atomic mass is 10.1. The van der Waals surface area contributed by atoms with Gasteiger partial charge in [-0.3, -0.25) is 0 Å². The van der Waals surface area contributed by atoms with Crippen LogP contribution >= 0.6 is 0 Å². The lowest BCUT2D eigenvalue weighted by Gasteiger charge is -2.27. The second-order valence-electron chi connectivity index (χ2n) is 5.26. The van der Waals surface area contributed by atoms with E-state index in [9.17, 15) is 0 Å². The minimum atomic E-state index is 0.180. The van der Waals surface area contributed by atoms with Crippen LogP contribution < -0.4 is 5.32 Å². The quantitative estimate of drug-likeness (QED) is 0.851. The predicted molar refractivity (Wildman–Crippen MR) is 65.8 cm³/mol. The highest BCUT2D eigenvalue weighted by atomic mass is 16.5. The van der Waals surface area contributed by atoms with Crippen molar-refractivity contribution in [3.63, 3.8) is 0 Å². The van der Waals surface area contributed by atoms with Crippen molar-refractivity contribution in [1.29, 1.82) is 0 Å². The van der Waals surface area contributed by atoms with E-state index in [4.69, 9.17) is 4.74 Å². The fourth-order valence-corrected chi connectivity index (χ4v) is 3.14. The zero-order chi connectivity index (χ0) is 11.7. The molecule has 1 saturated heterocycles. The Hall–Kier alpha value is -0.870. The van der Waals surface area contributed by atoms with E-state index in [0.717, 1.165) is 25.6 Å². The van der Waals surface area contributed by atoms with Crippen LogP contribution in [0.4, 0.5) is 0 Å². The Kier molecular flexibility index (Phi) is 3.16. The summed E-state index contributed by atoms with van der Waals surface area (Å²) in [6.45, 7) is 5.02. The maximum Gasteiger partial charge on any atom is 0.111 e. The van der Waals surface area contributed by atoms with E-state index in [0.29, 0.717) is 6.04 Å². The lowest BCUT2D eigenvalue weighted by Crippen LogP contribution is -2.34. The van der Waals surface area contributed by atoms with Gasteiger partial charge in [-0.15, -0.1) is 0 Å². The lowest BCUT2D eigenvalue weighted by molar-refractivity contribution is 0.0215. The third-order valence-corrected chi connectivity index (χ3v) is 4.13. The summed E-state index contributed by atoms with van der Waals surface area (Å²) in [5, 5.41) is 3.39. The van der Waals surface area contributed by atoms with Gasteiger partial charge in [0, 0.05) is 19.1 Å². The summed E-state index contributed by atoms with van der Waals surface area (Å²) >= 11 is 0. The number of nitrogens with zero attached hydrogens (tertiary/aromatic N) is 2. The summed E-state index contributed by atoms with van der Waals surface area (Å²) in [5.41, 5.74) is 1.25.